The van der Waals surface area contributed by atoms with Gasteiger partial charge in [0.15, 0.2) is 5.58 Å². The number of hydrogen-bond acceptors (Lipinski definition) is 5. The van der Waals surface area contributed by atoms with Crippen LogP contribution < -0.4 is 5.56 Å². The van der Waals surface area contributed by atoms with Crippen molar-refractivity contribution < 1.29 is 8.91 Å². The molecule has 2 aliphatic heterocycles. The van der Waals surface area contributed by atoms with Gasteiger partial charge in [0.25, 0.3) is 5.56 Å². The van der Waals surface area contributed by atoms with Gasteiger partial charge in [-0.15, -0.1) is 0 Å². The van der Waals surface area contributed by atoms with Crippen LogP contribution in [-0.4, -0.2) is 39.2 Å². The van der Waals surface area contributed by atoms with Gasteiger partial charge in [-0.1, -0.05) is 24.6 Å². The van der Waals surface area contributed by atoms with Crippen molar-refractivity contribution in [3.8, 4) is 0 Å². The van der Waals surface area contributed by atoms with Gasteiger partial charge < -0.3 is 9.42 Å². The van der Waals surface area contributed by atoms with Crippen molar-refractivity contribution in [3.05, 3.63) is 63.2 Å². The van der Waals surface area contributed by atoms with Gasteiger partial charge in [0.2, 0.25) is 0 Å². The molecule has 2 aliphatic rings. The second-order valence-corrected chi connectivity index (χ2v) is 9.65. The normalized spacial score (nSPS) is 18.6. The van der Waals surface area contributed by atoms with Crippen molar-refractivity contribution in [3.63, 3.8) is 0 Å². The zero-order valence-corrected chi connectivity index (χ0v) is 20.1. The summed E-state index contributed by atoms with van der Waals surface area (Å²) in [4.78, 5) is 20.6. The molecule has 0 bridgehead atoms. The molecular weight excluding hydrogens is 431 g/mol. The summed E-state index contributed by atoms with van der Waals surface area (Å²) in [7, 11) is 0. The van der Waals surface area contributed by atoms with E-state index < -0.39 is 0 Å². The second kappa shape index (κ2) is 9.82. The largest absolute Gasteiger partial charge is 0.356 e. The zero-order valence-electron chi connectivity index (χ0n) is 20.1. The number of fused-ring (bicyclic) bond motifs is 2. The van der Waals surface area contributed by atoms with Gasteiger partial charge in [-0.05, 0) is 76.2 Å². The molecule has 0 atom stereocenters. The summed E-state index contributed by atoms with van der Waals surface area (Å²) < 4.78 is 20.7. The highest BCUT2D eigenvalue weighted by Crippen LogP contribution is 2.33. The van der Waals surface area contributed by atoms with Gasteiger partial charge >= 0.3 is 0 Å². The van der Waals surface area contributed by atoms with Gasteiger partial charge in [0.05, 0.1) is 5.69 Å². The minimum Gasteiger partial charge on any atom is -0.356 e. The first-order chi connectivity index (χ1) is 16.5. The fourth-order valence-electron chi connectivity index (χ4n) is 5.42. The zero-order chi connectivity index (χ0) is 23.7. The standard InChI is InChI=1S/C27H33FN4O2/c1-3-4-6-20-7-5-13-32-26(20)29-18(2)22(27(32)33)12-16-31-14-10-19(11-15-31)25-23-9-8-21(28)17-24(23)34-30-25/h6,8-9,17,19H,3-5,7,10-16H2,1-2H3. The molecule has 1 aromatic carbocycles. The highest BCUT2D eigenvalue weighted by Gasteiger charge is 2.26. The molecule has 4 heterocycles. The lowest BCUT2D eigenvalue weighted by Gasteiger charge is -2.31. The summed E-state index contributed by atoms with van der Waals surface area (Å²) in [5.41, 5.74) is 4.55. The number of aromatic nitrogens is 3. The van der Waals surface area contributed by atoms with Crippen LogP contribution in [0.4, 0.5) is 4.39 Å². The highest BCUT2D eigenvalue weighted by molar-refractivity contribution is 5.79. The van der Waals surface area contributed by atoms with Gasteiger partial charge in [-0.25, -0.2) is 9.37 Å². The Hall–Kier alpha value is -2.80. The maximum atomic E-state index is 13.5. The summed E-state index contributed by atoms with van der Waals surface area (Å²) >= 11 is 0. The van der Waals surface area contributed by atoms with Crippen LogP contribution in [-0.2, 0) is 13.0 Å². The molecule has 0 spiro atoms. The Morgan fingerprint density at radius 3 is 2.85 bits per heavy atom. The first kappa shape index (κ1) is 23.0. The summed E-state index contributed by atoms with van der Waals surface area (Å²) in [6.45, 7) is 7.67. The van der Waals surface area contributed by atoms with Crippen molar-refractivity contribution in [1.29, 1.82) is 0 Å². The molecule has 1 saturated heterocycles. The quantitative estimate of drug-likeness (QED) is 0.500. The third-order valence-electron chi connectivity index (χ3n) is 7.38. The summed E-state index contributed by atoms with van der Waals surface area (Å²) in [6.07, 6.45) is 9.09. The van der Waals surface area contributed by atoms with E-state index in [0.717, 1.165) is 99.3 Å². The van der Waals surface area contributed by atoms with E-state index in [9.17, 15) is 9.18 Å². The van der Waals surface area contributed by atoms with Crippen LogP contribution in [0.25, 0.3) is 16.5 Å². The molecule has 34 heavy (non-hydrogen) atoms. The van der Waals surface area contributed by atoms with Crippen LogP contribution in [0.15, 0.2) is 33.6 Å². The molecule has 180 valence electrons. The molecule has 0 radical (unpaired) electrons. The predicted molar refractivity (Wildman–Crippen MR) is 131 cm³/mol. The van der Waals surface area contributed by atoms with Crippen LogP contribution in [0, 0.1) is 12.7 Å². The number of rotatable bonds is 6. The number of allylic oxidation sites excluding steroid dienone is 2. The molecule has 0 N–H and O–H groups in total. The Labute approximate surface area is 199 Å². The topological polar surface area (TPSA) is 64.2 Å². The Morgan fingerprint density at radius 1 is 1.24 bits per heavy atom. The van der Waals surface area contributed by atoms with E-state index in [1.165, 1.54) is 17.7 Å². The lowest BCUT2D eigenvalue weighted by Crippen LogP contribution is -2.37. The van der Waals surface area contributed by atoms with E-state index in [1.54, 1.807) is 6.07 Å². The maximum Gasteiger partial charge on any atom is 0.257 e. The smallest absolute Gasteiger partial charge is 0.257 e. The van der Waals surface area contributed by atoms with Crippen molar-refractivity contribution in [1.82, 2.24) is 19.6 Å². The number of aryl methyl sites for hydroxylation is 1. The number of halogens is 1. The summed E-state index contributed by atoms with van der Waals surface area (Å²) in [5, 5.41) is 5.16. The Kier molecular flexibility index (Phi) is 6.63. The van der Waals surface area contributed by atoms with E-state index >= 15 is 0 Å². The van der Waals surface area contributed by atoms with Crippen LogP contribution >= 0.6 is 0 Å². The van der Waals surface area contributed by atoms with Crippen molar-refractivity contribution >= 4 is 16.5 Å². The molecule has 3 aromatic rings. The SMILES string of the molecule is CCCC=C1CCCn2c1nc(C)c(CCN1CCC(c3noc4cc(F)ccc34)CC1)c2=O. The van der Waals surface area contributed by atoms with Crippen molar-refractivity contribution in [2.75, 3.05) is 19.6 Å². The predicted octanol–water partition coefficient (Wildman–Crippen LogP) is 5.23. The first-order valence-electron chi connectivity index (χ1n) is 12.6. The van der Waals surface area contributed by atoms with Crippen molar-refractivity contribution in [2.24, 2.45) is 0 Å². The Balaban J connectivity index is 1.24. The van der Waals surface area contributed by atoms with E-state index in [4.69, 9.17) is 9.51 Å². The van der Waals surface area contributed by atoms with Crippen LogP contribution in [0.1, 0.15) is 74.1 Å². The Morgan fingerprint density at radius 2 is 2.06 bits per heavy atom. The van der Waals surface area contributed by atoms with Crippen LogP contribution in [0.2, 0.25) is 0 Å². The van der Waals surface area contributed by atoms with E-state index in [1.807, 2.05) is 11.5 Å². The number of hydrogen-bond donors (Lipinski definition) is 0. The van der Waals surface area contributed by atoms with Gasteiger partial charge in [-0.2, -0.15) is 0 Å². The molecule has 0 amide bonds. The first-order valence-corrected chi connectivity index (χ1v) is 12.6. The van der Waals surface area contributed by atoms with Crippen LogP contribution in [0.3, 0.4) is 0 Å². The molecular formula is C27H33FN4O2. The van der Waals surface area contributed by atoms with Crippen molar-refractivity contribution in [2.45, 2.75) is 71.3 Å². The van der Waals surface area contributed by atoms with Gasteiger partial charge in [-0.3, -0.25) is 9.36 Å². The van der Waals surface area contributed by atoms with E-state index in [2.05, 4.69) is 23.1 Å². The molecule has 1 fully saturated rings. The molecule has 0 unspecified atom stereocenters. The lowest BCUT2D eigenvalue weighted by atomic mass is 9.91. The monoisotopic (exact) mass is 464 g/mol. The number of likely N-dealkylation sites (tertiary alicyclic amines) is 1. The third kappa shape index (κ3) is 4.45. The van der Waals surface area contributed by atoms with Gasteiger partial charge in [0.1, 0.15) is 11.6 Å². The molecule has 0 saturated carbocycles. The second-order valence-electron chi connectivity index (χ2n) is 9.65. The number of benzene rings is 1. The average Bonchev–Trinajstić information content (AvgIpc) is 3.26. The minimum absolute atomic E-state index is 0.140. The number of piperidine rings is 1. The van der Waals surface area contributed by atoms with E-state index in [-0.39, 0.29) is 11.4 Å². The summed E-state index contributed by atoms with van der Waals surface area (Å²) in [5.74, 6) is 0.890. The third-order valence-corrected chi connectivity index (χ3v) is 7.38. The highest BCUT2D eigenvalue weighted by atomic mass is 19.1. The minimum atomic E-state index is -0.305. The van der Waals surface area contributed by atoms with Crippen LogP contribution in [0.5, 0.6) is 0 Å². The van der Waals surface area contributed by atoms with E-state index in [0.29, 0.717) is 11.5 Å². The molecule has 0 aliphatic carbocycles. The lowest BCUT2D eigenvalue weighted by molar-refractivity contribution is 0.211. The maximum absolute atomic E-state index is 13.5. The molecule has 2 aromatic heterocycles. The fraction of sp³-hybridized carbons (Fsp3) is 0.519. The van der Waals surface area contributed by atoms with Gasteiger partial charge in [0, 0.05) is 41.7 Å². The molecule has 7 heteroatoms. The molecule has 6 nitrogen and oxygen atoms in total. The molecule has 5 rings (SSSR count). The fourth-order valence-corrected chi connectivity index (χ4v) is 5.42. The average molecular weight is 465 g/mol. The Bertz CT molecular complexity index is 1270. The number of unbranched alkanes of at least 4 members (excludes halogenated alkanes) is 1. The summed E-state index contributed by atoms with van der Waals surface area (Å²) in [6, 6.07) is 4.64. The number of nitrogens with zero attached hydrogens (tertiary/aromatic N) is 4.